The van der Waals surface area contributed by atoms with E-state index in [1.54, 1.807) is 24.3 Å². The molecule has 0 saturated heterocycles. The van der Waals surface area contributed by atoms with Crippen molar-refractivity contribution in [1.29, 1.82) is 0 Å². The van der Waals surface area contributed by atoms with Gasteiger partial charge in [0.2, 0.25) is 0 Å². The number of ether oxygens (including phenoxy) is 1. The minimum atomic E-state index is -4.97. The predicted octanol–water partition coefficient (Wildman–Crippen LogP) is 2.88. The maximum atomic E-state index is 11.8. The van der Waals surface area contributed by atoms with E-state index in [2.05, 4.69) is 20.5 Å². The number of anilines is 1. The zero-order valence-electron chi connectivity index (χ0n) is 18.8. The maximum absolute atomic E-state index is 11.8. The van der Waals surface area contributed by atoms with Gasteiger partial charge in [0.15, 0.2) is 5.75 Å². The Bertz CT molecular complexity index is 1540. The van der Waals surface area contributed by atoms with Crippen LogP contribution in [-0.4, -0.2) is 25.2 Å². The summed E-state index contributed by atoms with van der Waals surface area (Å²) in [5, 5.41) is 27.4. The Morgan fingerprint density at radius 2 is 1.60 bits per heavy atom. The fourth-order valence-corrected chi connectivity index (χ4v) is 3.82. The Balaban J connectivity index is 0.00000342. The molecule has 0 aliphatic rings. The number of fused-ring (bicyclic) bond motifs is 1. The summed E-state index contributed by atoms with van der Waals surface area (Å²) in [5.74, 6) is -0.264. The van der Waals surface area contributed by atoms with Crippen molar-refractivity contribution >= 4 is 49.3 Å². The van der Waals surface area contributed by atoms with E-state index in [0.29, 0.717) is 22.4 Å². The molecule has 0 aliphatic carbocycles. The van der Waals surface area contributed by atoms with Crippen LogP contribution in [0, 0.1) is 0 Å². The van der Waals surface area contributed by atoms with Gasteiger partial charge >= 0.3 is 29.6 Å². The summed E-state index contributed by atoms with van der Waals surface area (Å²) in [7, 11) is -3.56. The quantitative estimate of drug-likeness (QED) is 0.179. The Morgan fingerprint density at radius 1 is 0.886 bits per heavy atom. The molecule has 0 saturated carbocycles. The third kappa shape index (κ3) is 6.02. The second-order valence-electron chi connectivity index (χ2n) is 7.10. The number of methoxy groups -OCH3 is 1. The van der Waals surface area contributed by atoms with Gasteiger partial charge in [-0.2, -0.15) is 10.2 Å². The molecule has 3 N–H and O–H groups in total. The molecule has 0 heterocycles. The van der Waals surface area contributed by atoms with Crippen LogP contribution in [0.25, 0.3) is 10.8 Å². The molecule has 0 spiro atoms. The van der Waals surface area contributed by atoms with E-state index < -0.39 is 26.5 Å². The summed E-state index contributed by atoms with van der Waals surface area (Å²) in [6, 6.07) is 19.4. The Labute approximate surface area is 223 Å². The predicted molar refractivity (Wildman–Crippen MR) is 126 cm³/mol. The van der Waals surface area contributed by atoms with Crippen molar-refractivity contribution in [3.63, 3.8) is 0 Å². The second-order valence-corrected chi connectivity index (χ2v) is 8.45. The molecule has 0 amide bonds. The van der Waals surface area contributed by atoms with Crippen molar-refractivity contribution in [1.82, 2.24) is 0 Å². The molecule has 172 valence electrons. The van der Waals surface area contributed by atoms with Gasteiger partial charge in [-0.1, -0.05) is 24.3 Å². The monoisotopic (exact) mass is 499 g/mol. The average Bonchev–Trinajstić information content (AvgIpc) is 2.82. The molecule has 0 atom stereocenters. The summed E-state index contributed by atoms with van der Waals surface area (Å²) in [6.07, 6.45) is 0. The number of hydrogen-bond acceptors (Lipinski definition) is 10. The van der Waals surface area contributed by atoms with Crippen LogP contribution in [0.15, 0.2) is 98.1 Å². The summed E-state index contributed by atoms with van der Waals surface area (Å²) in [6.45, 7) is 0. The molecular formula is C23H18N5NaO5S. The molecule has 4 aromatic rings. The van der Waals surface area contributed by atoms with Crippen LogP contribution in [0.1, 0.15) is 0 Å². The molecule has 0 aliphatic heterocycles. The summed E-state index contributed by atoms with van der Waals surface area (Å²) >= 11 is 0. The summed E-state index contributed by atoms with van der Waals surface area (Å²) < 4.78 is 40.9. The molecule has 0 unspecified atom stereocenters. The molecule has 12 heteroatoms. The van der Waals surface area contributed by atoms with Crippen molar-refractivity contribution in [2.24, 2.45) is 20.5 Å². The fourth-order valence-electron chi connectivity index (χ4n) is 3.17. The van der Waals surface area contributed by atoms with Crippen LogP contribution in [0.2, 0.25) is 0 Å². The number of benzene rings is 4. The average molecular weight is 499 g/mol. The number of phenols is 1. The largest absolute Gasteiger partial charge is 1.00 e. The first-order chi connectivity index (χ1) is 16.3. The molecule has 4 aromatic carbocycles. The van der Waals surface area contributed by atoms with E-state index in [1.165, 1.54) is 31.4 Å². The first-order valence-corrected chi connectivity index (χ1v) is 11.2. The van der Waals surface area contributed by atoms with Gasteiger partial charge in [0.1, 0.15) is 27.2 Å². The standard InChI is InChI=1S/C23H19N5O5S.Na/c1-33-20-13-17(26-25-16-5-3-2-4-6-16)9-10-19(20)27-28-22-21(34(30,31)32)11-14-7-8-15(24)12-18(14)23(22)29;/h2-13,29H,24H2,1H3,(H,30,31,32);/q;+1/p-1. The number of aromatic hydroxyl groups is 1. The van der Waals surface area contributed by atoms with Crippen LogP contribution in [0.4, 0.5) is 28.4 Å². The number of nitrogen functional groups attached to an aromatic ring is 1. The van der Waals surface area contributed by atoms with E-state index in [1.807, 2.05) is 18.2 Å². The fraction of sp³-hybridized carbons (Fsp3) is 0.0435. The number of phenolic OH excluding ortho intramolecular Hbond substituents is 1. The molecule has 0 fully saturated rings. The van der Waals surface area contributed by atoms with Crippen molar-refractivity contribution < 1.29 is 52.4 Å². The van der Waals surface area contributed by atoms with E-state index >= 15 is 0 Å². The first-order valence-electron chi connectivity index (χ1n) is 9.84. The maximum Gasteiger partial charge on any atom is 1.00 e. The first kappa shape index (κ1) is 26.3. The van der Waals surface area contributed by atoms with Crippen molar-refractivity contribution in [3.8, 4) is 11.5 Å². The molecule has 10 nitrogen and oxygen atoms in total. The van der Waals surface area contributed by atoms with Gasteiger partial charge in [-0.05, 0) is 47.9 Å². The van der Waals surface area contributed by atoms with Gasteiger partial charge in [-0.25, -0.2) is 8.42 Å². The number of hydrogen-bond donors (Lipinski definition) is 2. The van der Waals surface area contributed by atoms with E-state index in [4.69, 9.17) is 10.5 Å². The summed E-state index contributed by atoms with van der Waals surface area (Å²) in [4.78, 5) is -0.710. The van der Waals surface area contributed by atoms with Crippen LogP contribution < -0.4 is 40.0 Å². The topological polar surface area (TPSA) is 162 Å². The van der Waals surface area contributed by atoms with Gasteiger partial charge in [0, 0.05) is 17.1 Å². The zero-order chi connectivity index (χ0) is 24.3. The Morgan fingerprint density at radius 3 is 2.29 bits per heavy atom. The second kappa shape index (κ2) is 10.9. The van der Waals surface area contributed by atoms with E-state index in [-0.39, 0.29) is 46.4 Å². The zero-order valence-corrected chi connectivity index (χ0v) is 21.6. The normalized spacial score (nSPS) is 11.7. The SMILES string of the molecule is COc1cc(N=Nc2ccccc2)ccc1N=Nc1c(S(=O)(=O)[O-])cc2ccc(N)cc2c1O.[Na+]. The van der Waals surface area contributed by atoms with Crippen molar-refractivity contribution in [2.75, 3.05) is 12.8 Å². The number of nitrogens with zero attached hydrogens (tertiary/aromatic N) is 4. The minimum absolute atomic E-state index is 0. The van der Waals surface area contributed by atoms with Gasteiger partial charge in [-0.3, -0.25) is 0 Å². The smallest absolute Gasteiger partial charge is 0.744 e. The molecule has 0 radical (unpaired) electrons. The third-order valence-corrected chi connectivity index (χ3v) is 5.65. The van der Waals surface area contributed by atoms with Gasteiger partial charge < -0.3 is 20.1 Å². The van der Waals surface area contributed by atoms with Crippen LogP contribution >= 0.6 is 0 Å². The molecule has 0 bridgehead atoms. The Hall–Kier alpha value is -3.35. The van der Waals surface area contributed by atoms with Gasteiger partial charge in [-0.15, -0.1) is 10.2 Å². The minimum Gasteiger partial charge on any atom is -0.744 e. The molecule has 35 heavy (non-hydrogen) atoms. The molecule has 4 rings (SSSR count). The number of rotatable bonds is 6. The van der Waals surface area contributed by atoms with Crippen molar-refractivity contribution in [3.05, 3.63) is 72.8 Å². The number of nitrogens with two attached hydrogens (primary N) is 1. The van der Waals surface area contributed by atoms with Gasteiger partial charge in [0.05, 0.1) is 23.4 Å². The Kier molecular flexibility index (Phi) is 8.20. The molecular weight excluding hydrogens is 481 g/mol. The van der Waals surface area contributed by atoms with Crippen LogP contribution in [0.5, 0.6) is 11.5 Å². The van der Waals surface area contributed by atoms with Crippen LogP contribution in [-0.2, 0) is 10.1 Å². The van der Waals surface area contributed by atoms with Crippen molar-refractivity contribution in [2.45, 2.75) is 4.90 Å². The third-order valence-electron chi connectivity index (χ3n) is 4.80. The molecule has 0 aromatic heterocycles. The van der Waals surface area contributed by atoms with E-state index in [9.17, 15) is 18.1 Å². The van der Waals surface area contributed by atoms with E-state index in [0.717, 1.165) is 6.07 Å². The summed E-state index contributed by atoms with van der Waals surface area (Å²) in [5.41, 5.74) is 6.97. The van der Waals surface area contributed by atoms with Crippen LogP contribution in [0.3, 0.4) is 0 Å². The number of azo groups is 2. The van der Waals surface area contributed by atoms with Gasteiger partial charge in [0.25, 0.3) is 0 Å².